The number of carbonyl (C=O) groups is 1. The van der Waals surface area contributed by atoms with Crippen molar-refractivity contribution in [2.75, 3.05) is 0 Å². The monoisotopic (exact) mass is 191 g/mol. The molecular formula is C9H15F2NO. The lowest BCUT2D eigenvalue weighted by molar-refractivity contribution is -0.132. The van der Waals surface area contributed by atoms with Gasteiger partial charge in [-0.1, -0.05) is 20.8 Å². The molecule has 13 heavy (non-hydrogen) atoms. The molecule has 0 bridgehead atoms. The van der Waals surface area contributed by atoms with Crippen molar-refractivity contribution in [3.8, 4) is 0 Å². The quantitative estimate of drug-likeness (QED) is 0.724. The maximum Gasteiger partial charge on any atom is 0.315 e. The molecule has 0 aliphatic heterocycles. The number of carbonyl (C=O) groups excluding carboxylic acids is 1. The zero-order chi connectivity index (χ0) is 10.2. The van der Waals surface area contributed by atoms with Gasteiger partial charge < -0.3 is 5.32 Å². The molecule has 0 spiro atoms. The topological polar surface area (TPSA) is 29.1 Å². The summed E-state index contributed by atoms with van der Waals surface area (Å²) in [6.07, 6.45) is -2.08. The highest BCUT2D eigenvalue weighted by molar-refractivity contribution is 5.79. The first-order valence-corrected chi connectivity index (χ1v) is 4.46. The van der Waals surface area contributed by atoms with Gasteiger partial charge in [0.25, 0.3) is 5.91 Å². The highest BCUT2D eigenvalue weighted by atomic mass is 19.3. The molecule has 2 atom stereocenters. The summed E-state index contributed by atoms with van der Waals surface area (Å²) in [7, 11) is 0. The Hall–Kier alpha value is -0.670. The van der Waals surface area contributed by atoms with Crippen molar-refractivity contribution in [1.29, 1.82) is 0 Å². The molecule has 76 valence electrons. The molecule has 2 nitrogen and oxygen atoms in total. The van der Waals surface area contributed by atoms with E-state index >= 15 is 0 Å². The second kappa shape index (κ2) is 3.24. The second-order valence-electron chi connectivity index (χ2n) is 4.23. The van der Waals surface area contributed by atoms with Crippen LogP contribution >= 0.6 is 0 Å². The van der Waals surface area contributed by atoms with E-state index in [2.05, 4.69) is 5.32 Å². The first-order chi connectivity index (χ1) is 5.88. The molecule has 0 aromatic carbocycles. The fourth-order valence-corrected chi connectivity index (χ4v) is 1.47. The average molecular weight is 191 g/mol. The molecule has 1 N–H and O–H groups in total. The van der Waals surface area contributed by atoms with Crippen LogP contribution in [0.2, 0.25) is 0 Å². The summed E-state index contributed by atoms with van der Waals surface area (Å²) >= 11 is 0. The third-order valence-corrected chi connectivity index (χ3v) is 3.11. The van der Waals surface area contributed by atoms with Crippen LogP contribution in [0.5, 0.6) is 0 Å². The Balaban J connectivity index is 2.40. The van der Waals surface area contributed by atoms with Crippen molar-refractivity contribution >= 4 is 5.91 Å². The van der Waals surface area contributed by atoms with E-state index in [1.54, 1.807) is 0 Å². The maximum atomic E-state index is 11.9. The molecule has 0 heterocycles. The Morgan fingerprint density at radius 2 is 2.08 bits per heavy atom. The summed E-state index contributed by atoms with van der Waals surface area (Å²) in [6.45, 7) is 6.08. The minimum atomic E-state index is -2.89. The largest absolute Gasteiger partial charge is 0.348 e. The zero-order valence-corrected chi connectivity index (χ0v) is 8.10. The number of amides is 1. The molecule has 1 rings (SSSR count). The first-order valence-electron chi connectivity index (χ1n) is 4.46. The van der Waals surface area contributed by atoms with E-state index in [0.29, 0.717) is 5.92 Å². The fourth-order valence-electron chi connectivity index (χ4n) is 1.47. The van der Waals surface area contributed by atoms with Crippen LogP contribution in [0.1, 0.15) is 27.2 Å². The van der Waals surface area contributed by atoms with Crippen LogP contribution in [0, 0.1) is 11.3 Å². The Kier molecular flexibility index (Phi) is 2.59. The number of halogens is 2. The molecule has 2 unspecified atom stereocenters. The lowest BCUT2D eigenvalue weighted by atomic mass is 9.94. The van der Waals surface area contributed by atoms with E-state index in [-0.39, 0.29) is 11.5 Å². The molecule has 1 fully saturated rings. The van der Waals surface area contributed by atoms with E-state index < -0.39 is 12.3 Å². The van der Waals surface area contributed by atoms with Gasteiger partial charge in [-0.15, -0.1) is 0 Å². The van der Waals surface area contributed by atoms with Crippen LogP contribution in [0.4, 0.5) is 8.78 Å². The van der Waals surface area contributed by atoms with Gasteiger partial charge in [0.15, 0.2) is 0 Å². The fraction of sp³-hybridized carbons (Fsp3) is 0.889. The highest BCUT2D eigenvalue weighted by Gasteiger charge is 2.53. The molecule has 4 heteroatoms. The van der Waals surface area contributed by atoms with Gasteiger partial charge in [0.05, 0.1) is 0 Å². The number of nitrogens with one attached hydrogen (secondary N) is 1. The predicted octanol–water partition coefficient (Wildman–Crippen LogP) is 1.80. The summed E-state index contributed by atoms with van der Waals surface area (Å²) < 4.78 is 23.7. The van der Waals surface area contributed by atoms with Crippen molar-refractivity contribution in [2.24, 2.45) is 11.3 Å². The Labute approximate surface area is 76.7 Å². The summed E-state index contributed by atoms with van der Waals surface area (Å²) in [5.41, 5.74) is 0.0184. The number of alkyl halides is 2. The van der Waals surface area contributed by atoms with Gasteiger partial charge >= 0.3 is 6.43 Å². The van der Waals surface area contributed by atoms with E-state index in [4.69, 9.17) is 0 Å². The number of rotatable bonds is 3. The summed E-state index contributed by atoms with van der Waals surface area (Å²) in [5, 5.41) is 2.34. The smallest absolute Gasteiger partial charge is 0.315 e. The predicted molar refractivity (Wildman–Crippen MR) is 45.5 cm³/mol. The number of hydrogen-bond acceptors (Lipinski definition) is 1. The van der Waals surface area contributed by atoms with E-state index in [9.17, 15) is 13.6 Å². The minimum Gasteiger partial charge on any atom is -0.348 e. The molecule has 1 saturated carbocycles. The first kappa shape index (κ1) is 10.4. The molecule has 0 saturated heterocycles. The van der Waals surface area contributed by atoms with Gasteiger partial charge in [-0.3, -0.25) is 4.79 Å². The molecule has 0 radical (unpaired) electrons. The zero-order valence-electron chi connectivity index (χ0n) is 8.10. The summed E-state index contributed by atoms with van der Waals surface area (Å²) in [6, 6.07) is -0.0611. The van der Waals surface area contributed by atoms with Crippen molar-refractivity contribution < 1.29 is 13.6 Å². The van der Waals surface area contributed by atoms with Crippen LogP contribution < -0.4 is 5.32 Å². The summed E-state index contributed by atoms with van der Waals surface area (Å²) in [5.74, 6) is -0.732. The highest BCUT2D eigenvalue weighted by Crippen LogP contribution is 2.51. The Morgan fingerprint density at radius 3 is 2.38 bits per heavy atom. The summed E-state index contributed by atoms with van der Waals surface area (Å²) in [4.78, 5) is 10.6. The Morgan fingerprint density at radius 1 is 1.54 bits per heavy atom. The lowest BCUT2D eigenvalue weighted by Crippen LogP contribution is -2.34. The van der Waals surface area contributed by atoms with Crippen molar-refractivity contribution in [2.45, 2.75) is 39.7 Å². The van der Waals surface area contributed by atoms with Gasteiger partial charge in [-0.25, -0.2) is 0 Å². The molecule has 1 amide bonds. The van der Waals surface area contributed by atoms with Crippen molar-refractivity contribution in [3.05, 3.63) is 0 Å². The standard InChI is InChI=1S/C9H15F2NO/c1-5(2)9(3)4-6(9)12-8(13)7(10)11/h5-7H,4H2,1-3H3,(H,12,13). The van der Waals surface area contributed by atoms with Gasteiger partial charge in [-0.2, -0.15) is 8.78 Å². The van der Waals surface area contributed by atoms with E-state index in [0.717, 1.165) is 6.42 Å². The SMILES string of the molecule is CC(C)C1(C)CC1NC(=O)C(F)F. The van der Waals surface area contributed by atoms with Crippen LogP contribution in [0.15, 0.2) is 0 Å². The van der Waals surface area contributed by atoms with Gasteiger partial charge in [0.2, 0.25) is 0 Å². The average Bonchev–Trinajstić information content (AvgIpc) is 2.63. The molecular weight excluding hydrogens is 176 g/mol. The molecule has 0 aromatic rings. The van der Waals surface area contributed by atoms with Gasteiger partial charge in [0, 0.05) is 6.04 Å². The minimum absolute atomic E-state index is 0.0184. The van der Waals surface area contributed by atoms with Gasteiger partial charge in [-0.05, 0) is 17.8 Å². The molecule has 0 aromatic heterocycles. The molecule has 1 aliphatic rings. The van der Waals surface area contributed by atoms with Crippen LogP contribution in [-0.2, 0) is 4.79 Å². The normalized spacial score (nSPS) is 32.4. The van der Waals surface area contributed by atoms with E-state index in [1.807, 2.05) is 20.8 Å². The van der Waals surface area contributed by atoms with Crippen molar-refractivity contribution in [1.82, 2.24) is 5.32 Å². The molecule has 1 aliphatic carbocycles. The Bertz CT molecular complexity index is 218. The third kappa shape index (κ3) is 1.98. The van der Waals surface area contributed by atoms with Crippen molar-refractivity contribution in [3.63, 3.8) is 0 Å². The van der Waals surface area contributed by atoms with Crippen LogP contribution in [-0.4, -0.2) is 18.4 Å². The maximum absolute atomic E-state index is 11.9. The second-order valence-corrected chi connectivity index (χ2v) is 4.23. The van der Waals surface area contributed by atoms with Crippen LogP contribution in [0.25, 0.3) is 0 Å². The number of hydrogen-bond donors (Lipinski definition) is 1. The van der Waals surface area contributed by atoms with E-state index in [1.165, 1.54) is 0 Å². The lowest BCUT2D eigenvalue weighted by Gasteiger charge is -2.15. The van der Waals surface area contributed by atoms with Crippen LogP contribution in [0.3, 0.4) is 0 Å². The van der Waals surface area contributed by atoms with Gasteiger partial charge in [0.1, 0.15) is 0 Å². The third-order valence-electron chi connectivity index (χ3n) is 3.11.